The van der Waals surface area contributed by atoms with Crippen molar-refractivity contribution in [1.29, 1.82) is 0 Å². The molecule has 0 aromatic heterocycles. The smallest absolute Gasteiger partial charge is 0.265 e. The number of para-hydroxylation sites is 2. The van der Waals surface area contributed by atoms with E-state index in [0.717, 1.165) is 31.4 Å². The van der Waals surface area contributed by atoms with Crippen LogP contribution >= 0.6 is 0 Å². The summed E-state index contributed by atoms with van der Waals surface area (Å²) < 4.78 is 5.37. The van der Waals surface area contributed by atoms with Crippen LogP contribution in [0.25, 0.3) is 0 Å². The van der Waals surface area contributed by atoms with Crippen molar-refractivity contribution in [2.45, 2.75) is 38.5 Å². The Balaban J connectivity index is 1.63. The summed E-state index contributed by atoms with van der Waals surface area (Å²) in [5.41, 5.74) is 4.26. The molecular formula is C17H21N3O3. The highest BCUT2D eigenvalue weighted by Gasteiger charge is 2.26. The minimum Gasteiger partial charge on any atom is -0.482 e. The number of benzene rings is 1. The molecule has 1 aliphatic carbocycles. The predicted octanol–water partition coefficient (Wildman–Crippen LogP) is 2.24. The molecule has 6 nitrogen and oxygen atoms in total. The number of anilines is 1. The lowest BCUT2D eigenvalue weighted by atomic mass is 10.2. The van der Waals surface area contributed by atoms with Crippen LogP contribution in [-0.4, -0.2) is 30.7 Å². The van der Waals surface area contributed by atoms with Crippen LogP contribution in [0.1, 0.15) is 38.5 Å². The first-order valence-electron chi connectivity index (χ1n) is 8.10. The van der Waals surface area contributed by atoms with Gasteiger partial charge in [0.2, 0.25) is 0 Å². The molecule has 0 saturated heterocycles. The van der Waals surface area contributed by atoms with Crippen LogP contribution in [0.3, 0.4) is 0 Å². The number of fused-ring (bicyclic) bond motifs is 1. The van der Waals surface area contributed by atoms with Gasteiger partial charge in [0.25, 0.3) is 11.8 Å². The third kappa shape index (κ3) is 3.88. The molecule has 122 valence electrons. The van der Waals surface area contributed by atoms with Crippen molar-refractivity contribution in [2.24, 2.45) is 5.10 Å². The van der Waals surface area contributed by atoms with Crippen molar-refractivity contribution in [3.05, 3.63) is 24.3 Å². The largest absolute Gasteiger partial charge is 0.482 e. The molecule has 0 bridgehead atoms. The molecule has 0 radical (unpaired) electrons. The highest BCUT2D eigenvalue weighted by molar-refractivity contribution is 6.02. The predicted molar refractivity (Wildman–Crippen MR) is 87.6 cm³/mol. The van der Waals surface area contributed by atoms with Gasteiger partial charge in [-0.3, -0.25) is 14.5 Å². The lowest BCUT2D eigenvalue weighted by Gasteiger charge is -2.28. The topological polar surface area (TPSA) is 71.0 Å². The summed E-state index contributed by atoms with van der Waals surface area (Å²) in [7, 11) is 0. The SMILES string of the molecule is O=C(CN1C(=O)COc2ccccc21)NN=C1CCCCCC1. The van der Waals surface area contributed by atoms with E-state index in [1.807, 2.05) is 12.1 Å². The molecule has 23 heavy (non-hydrogen) atoms. The van der Waals surface area contributed by atoms with Gasteiger partial charge in [0.1, 0.15) is 12.3 Å². The molecule has 1 aromatic rings. The van der Waals surface area contributed by atoms with Gasteiger partial charge in [0, 0.05) is 5.71 Å². The molecule has 3 rings (SSSR count). The Morgan fingerprint density at radius 1 is 1.17 bits per heavy atom. The quantitative estimate of drug-likeness (QED) is 0.687. The molecule has 0 unspecified atom stereocenters. The number of hydrazone groups is 1. The van der Waals surface area contributed by atoms with Crippen molar-refractivity contribution in [2.75, 3.05) is 18.1 Å². The number of nitrogens with zero attached hydrogens (tertiary/aromatic N) is 2. The van der Waals surface area contributed by atoms with E-state index in [4.69, 9.17) is 4.74 Å². The Hall–Kier alpha value is -2.37. The molecule has 0 spiro atoms. The normalized spacial score (nSPS) is 17.8. The van der Waals surface area contributed by atoms with E-state index in [-0.39, 0.29) is 25.0 Å². The monoisotopic (exact) mass is 315 g/mol. The summed E-state index contributed by atoms with van der Waals surface area (Å²) in [6, 6.07) is 7.22. The summed E-state index contributed by atoms with van der Waals surface area (Å²) in [4.78, 5) is 25.6. The molecule has 1 aliphatic heterocycles. The van der Waals surface area contributed by atoms with Gasteiger partial charge in [-0.2, -0.15) is 5.10 Å². The first kappa shape index (κ1) is 15.5. The standard InChI is InChI=1S/C17H21N3O3/c21-16(19-18-13-7-3-1-2-4-8-13)11-20-14-9-5-6-10-15(14)23-12-17(20)22/h5-6,9-10H,1-4,7-8,11-12H2,(H,19,21). The van der Waals surface area contributed by atoms with Crippen molar-refractivity contribution in [3.63, 3.8) is 0 Å². The molecule has 1 aromatic carbocycles. The number of hydrogen-bond acceptors (Lipinski definition) is 4. The molecule has 1 heterocycles. The van der Waals surface area contributed by atoms with Gasteiger partial charge in [-0.15, -0.1) is 0 Å². The number of amides is 2. The van der Waals surface area contributed by atoms with Gasteiger partial charge in [-0.05, 0) is 37.8 Å². The van der Waals surface area contributed by atoms with E-state index in [0.29, 0.717) is 11.4 Å². The van der Waals surface area contributed by atoms with Crippen LogP contribution in [0, 0.1) is 0 Å². The second kappa shape index (κ2) is 7.26. The van der Waals surface area contributed by atoms with Crippen molar-refractivity contribution < 1.29 is 14.3 Å². The minimum absolute atomic E-state index is 0.0428. The maximum atomic E-state index is 12.1. The van der Waals surface area contributed by atoms with Crippen LogP contribution in [0.15, 0.2) is 29.4 Å². The fourth-order valence-corrected chi connectivity index (χ4v) is 2.90. The zero-order valence-electron chi connectivity index (χ0n) is 13.1. The van der Waals surface area contributed by atoms with E-state index in [9.17, 15) is 9.59 Å². The first-order chi connectivity index (χ1) is 11.2. The first-order valence-corrected chi connectivity index (χ1v) is 8.10. The zero-order valence-corrected chi connectivity index (χ0v) is 13.1. The van der Waals surface area contributed by atoms with E-state index < -0.39 is 0 Å². The molecule has 1 fully saturated rings. The summed E-state index contributed by atoms with van der Waals surface area (Å²) in [6.07, 6.45) is 6.60. The number of carbonyl (C=O) groups excluding carboxylic acids is 2. The Morgan fingerprint density at radius 2 is 1.91 bits per heavy atom. The maximum absolute atomic E-state index is 12.1. The van der Waals surface area contributed by atoms with Gasteiger partial charge in [-0.25, -0.2) is 5.43 Å². The number of ether oxygens (including phenoxy) is 1. The zero-order chi connectivity index (χ0) is 16.1. The highest BCUT2D eigenvalue weighted by Crippen LogP contribution is 2.31. The van der Waals surface area contributed by atoms with E-state index in [1.54, 1.807) is 12.1 Å². The van der Waals surface area contributed by atoms with Gasteiger partial charge >= 0.3 is 0 Å². The molecule has 6 heteroatoms. The molecule has 2 aliphatic rings. The van der Waals surface area contributed by atoms with Crippen LogP contribution in [0.4, 0.5) is 5.69 Å². The van der Waals surface area contributed by atoms with Crippen LogP contribution in [-0.2, 0) is 9.59 Å². The molecular weight excluding hydrogens is 294 g/mol. The van der Waals surface area contributed by atoms with Gasteiger partial charge < -0.3 is 4.74 Å². The van der Waals surface area contributed by atoms with Crippen molar-refractivity contribution in [3.8, 4) is 5.75 Å². The second-order valence-corrected chi connectivity index (χ2v) is 5.86. The van der Waals surface area contributed by atoms with Crippen LogP contribution < -0.4 is 15.1 Å². The van der Waals surface area contributed by atoms with Crippen LogP contribution in [0.2, 0.25) is 0 Å². The lowest BCUT2D eigenvalue weighted by molar-refractivity contribution is -0.125. The van der Waals surface area contributed by atoms with Crippen molar-refractivity contribution in [1.82, 2.24) is 5.43 Å². The number of rotatable bonds is 3. The Bertz CT molecular complexity index is 617. The summed E-state index contributed by atoms with van der Waals surface area (Å²) in [6.45, 7) is -0.0885. The molecule has 1 saturated carbocycles. The maximum Gasteiger partial charge on any atom is 0.265 e. The number of nitrogens with one attached hydrogen (secondary N) is 1. The van der Waals surface area contributed by atoms with E-state index in [1.165, 1.54) is 17.7 Å². The van der Waals surface area contributed by atoms with E-state index >= 15 is 0 Å². The summed E-state index contributed by atoms with van der Waals surface area (Å²) in [5.74, 6) is 0.114. The van der Waals surface area contributed by atoms with E-state index in [2.05, 4.69) is 10.5 Å². The molecule has 2 amide bonds. The Kier molecular flexibility index (Phi) is 4.90. The average Bonchev–Trinajstić information content (AvgIpc) is 2.84. The highest BCUT2D eigenvalue weighted by atomic mass is 16.5. The third-order valence-corrected chi connectivity index (χ3v) is 4.13. The van der Waals surface area contributed by atoms with Crippen LogP contribution in [0.5, 0.6) is 5.75 Å². The van der Waals surface area contributed by atoms with Gasteiger partial charge in [0.15, 0.2) is 6.61 Å². The van der Waals surface area contributed by atoms with Gasteiger partial charge in [-0.1, -0.05) is 25.0 Å². The van der Waals surface area contributed by atoms with Gasteiger partial charge in [0.05, 0.1) is 5.69 Å². The van der Waals surface area contributed by atoms with Crippen molar-refractivity contribution >= 4 is 23.2 Å². The lowest BCUT2D eigenvalue weighted by Crippen LogP contribution is -2.44. The Morgan fingerprint density at radius 3 is 2.70 bits per heavy atom. The fourth-order valence-electron chi connectivity index (χ4n) is 2.90. The average molecular weight is 315 g/mol. The molecule has 0 atom stereocenters. The second-order valence-electron chi connectivity index (χ2n) is 5.86. The minimum atomic E-state index is -0.285. The number of hydrogen-bond donors (Lipinski definition) is 1. The molecule has 1 N–H and O–H groups in total. The fraction of sp³-hybridized carbons (Fsp3) is 0.471. The summed E-state index contributed by atoms with van der Waals surface area (Å²) >= 11 is 0. The summed E-state index contributed by atoms with van der Waals surface area (Å²) in [5, 5.41) is 4.24. The Labute approximate surface area is 135 Å². The number of carbonyl (C=O) groups is 2. The third-order valence-electron chi connectivity index (χ3n) is 4.13.